The van der Waals surface area contributed by atoms with Gasteiger partial charge in [0.15, 0.2) is 0 Å². The number of anilines is 1. The van der Waals surface area contributed by atoms with Crippen LogP contribution in [0.2, 0.25) is 5.15 Å². The highest BCUT2D eigenvalue weighted by atomic mass is 35.5. The number of pyridine rings is 1. The Balaban J connectivity index is 1.45. The zero-order valence-electron chi connectivity index (χ0n) is 20.1. The van der Waals surface area contributed by atoms with Gasteiger partial charge in [0.1, 0.15) is 28.2 Å². The first-order chi connectivity index (χ1) is 17.1. The van der Waals surface area contributed by atoms with Crippen LogP contribution in [0.3, 0.4) is 0 Å². The van der Waals surface area contributed by atoms with Crippen molar-refractivity contribution in [1.29, 1.82) is 0 Å². The van der Waals surface area contributed by atoms with Crippen LogP contribution < -0.4 is 5.32 Å². The lowest BCUT2D eigenvalue weighted by Crippen LogP contribution is -2.40. The molecule has 2 aromatic heterocycles. The van der Waals surface area contributed by atoms with Crippen LogP contribution in [0.15, 0.2) is 42.7 Å². The first kappa shape index (κ1) is 25.9. The summed E-state index contributed by atoms with van der Waals surface area (Å²) in [6, 6.07) is 7.02. The summed E-state index contributed by atoms with van der Waals surface area (Å²) in [6.45, 7) is 4.54. The summed E-state index contributed by atoms with van der Waals surface area (Å²) in [6.07, 6.45) is 4.13. The molecule has 1 unspecified atom stereocenters. The first-order valence-electron chi connectivity index (χ1n) is 11.8. The fraction of sp³-hybridized carbons (Fsp3) is 0.385. The smallest absolute Gasteiger partial charge is 0.227 e. The fourth-order valence-corrected chi connectivity index (χ4v) is 4.64. The normalized spacial score (nSPS) is 16.0. The van der Waals surface area contributed by atoms with Crippen molar-refractivity contribution in [2.75, 3.05) is 25.0 Å². The molecule has 1 atom stereocenters. The van der Waals surface area contributed by atoms with E-state index in [2.05, 4.69) is 20.3 Å². The van der Waals surface area contributed by atoms with Gasteiger partial charge in [0.25, 0.3) is 0 Å². The van der Waals surface area contributed by atoms with E-state index in [9.17, 15) is 18.7 Å². The molecule has 0 bridgehead atoms. The lowest BCUT2D eigenvalue weighted by Gasteiger charge is -2.34. The number of piperidine rings is 1. The molecule has 0 spiro atoms. The summed E-state index contributed by atoms with van der Waals surface area (Å²) in [4.78, 5) is 27.3. The van der Waals surface area contributed by atoms with Crippen molar-refractivity contribution in [3.05, 3.63) is 82.2 Å². The molecule has 1 aliphatic heterocycles. The predicted molar refractivity (Wildman–Crippen MR) is 133 cm³/mol. The summed E-state index contributed by atoms with van der Waals surface area (Å²) in [5.74, 6) is -1.16. The van der Waals surface area contributed by atoms with Gasteiger partial charge in [0.05, 0.1) is 12.1 Å². The number of aromatic nitrogens is 3. The van der Waals surface area contributed by atoms with Gasteiger partial charge in [-0.05, 0) is 51.0 Å². The van der Waals surface area contributed by atoms with E-state index in [-0.39, 0.29) is 30.4 Å². The lowest BCUT2D eigenvalue weighted by atomic mass is 9.85. The lowest BCUT2D eigenvalue weighted by molar-refractivity contribution is -0.131. The van der Waals surface area contributed by atoms with Gasteiger partial charge in [-0.3, -0.25) is 4.79 Å². The van der Waals surface area contributed by atoms with Crippen molar-refractivity contribution in [2.45, 2.75) is 44.6 Å². The van der Waals surface area contributed by atoms with Gasteiger partial charge >= 0.3 is 0 Å². The van der Waals surface area contributed by atoms with Crippen molar-refractivity contribution in [3.63, 3.8) is 0 Å². The van der Waals surface area contributed by atoms with E-state index < -0.39 is 17.2 Å². The Labute approximate surface area is 213 Å². The summed E-state index contributed by atoms with van der Waals surface area (Å²) in [5, 5.41) is 14.9. The van der Waals surface area contributed by atoms with Crippen molar-refractivity contribution in [3.8, 4) is 0 Å². The van der Waals surface area contributed by atoms with Gasteiger partial charge in [-0.25, -0.2) is 23.7 Å². The molecule has 7 nitrogen and oxygen atoms in total. The standard InChI is InChI=1S/C26H28ClF2N5O2/c1-16-31-14-20(26(2,36)15-32-18-6-9-30-23(27)12-18)25(33-16)17-7-10-34(11-8-17)24(35)13-19-21(28)4-3-5-22(19)29/h3-6,9,12,14,17,36H,7-8,10-11,13,15H2,1-2H3,(H,30,32). The van der Waals surface area contributed by atoms with E-state index in [0.29, 0.717) is 42.5 Å². The van der Waals surface area contributed by atoms with Crippen molar-refractivity contribution >= 4 is 23.2 Å². The largest absolute Gasteiger partial charge is 0.383 e. The monoisotopic (exact) mass is 515 g/mol. The van der Waals surface area contributed by atoms with E-state index in [1.807, 2.05) is 0 Å². The number of aliphatic hydroxyl groups is 1. The average molecular weight is 516 g/mol. The number of rotatable bonds is 7. The number of nitrogens with one attached hydrogen (secondary N) is 1. The second kappa shape index (κ2) is 10.8. The summed E-state index contributed by atoms with van der Waals surface area (Å²) in [5.41, 5.74) is 0.585. The van der Waals surface area contributed by atoms with Crippen LogP contribution in [-0.2, 0) is 16.8 Å². The Kier molecular flexibility index (Phi) is 7.80. The minimum Gasteiger partial charge on any atom is -0.383 e. The van der Waals surface area contributed by atoms with Crippen LogP contribution in [-0.4, -0.2) is 50.5 Å². The zero-order chi connectivity index (χ0) is 25.9. The van der Waals surface area contributed by atoms with E-state index in [4.69, 9.17) is 11.6 Å². The third-order valence-electron chi connectivity index (χ3n) is 6.51. The minimum absolute atomic E-state index is 0.00204. The second-order valence-electron chi connectivity index (χ2n) is 9.24. The van der Waals surface area contributed by atoms with Crippen LogP contribution in [0.1, 0.15) is 48.3 Å². The number of benzene rings is 1. The quantitative estimate of drug-likeness (QED) is 0.454. The molecule has 4 rings (SSSR count). The maximum atomic E-state index is 14.0. The number of halogens is 3. The SMILES string of the molecule is Cc1ncc(C(C)(O)CNc2ccnc(Cl)c2)c(C2CCN(C(=O)Cc3c(F)cccc3F)CC2)n1. The fourth-order valence-electron chi connectivity index (χ4n) is 4.46. The molecule has 36 heavy (non-hydrogen) atoms. The number of nitrogens with zero attached hydrogens (tertiary/aromatic N) is 4. The van der Waals surface area contributed by atoms with E-state index in [1.165, 1.54) is 6.07 Å². The maximum Gasteiger partial charge on any atom is 0.227 e. The van der Waals surface area contributed by atoms with Crippen molar-refractivity contribution in [1.82, 2.24) is 19.9 Å². The van der Waals surface area contributed by atoms with E-state index in [0.717, 1.165) is 23.5 Å². The summed E-state index contributed by atoms with van der Waals surface area (Å²) in [7, 11) is 0. The van der Waals surface area contributed by atoms with E-state index in [1.54, 1.807) is 43.3 Å². The maximum absolute atomic E-state index is 14.0. The molecule has 1 amide bonds. The van der Waals surface area contributed by atoms with Crippen molar-refractivity contribution < 1.29 is 18.7 Å². The van der Waals surface area contributed by atoms with Gasteiger partial charge in [0, 0.05) is 54.8 Å². The number of hydrogen-bond donors (Lipinski definition) is 2. The molecule has 1 saturated heterocycles. The van der Waals surface area contributed by atoms with Gasteiger partial charge < -0.3 is 15.3 Å². The van der Waals surface area contributed by atoms with Gasteiger partial charge in [-0.1, -0.05) is 17.7 Å². The molecule has 190 valence electrons. The molecule has 1 aromatic carbocycles. The Hall–Kier alpha value is -3.17. The topological polar surface area (TPSA) is 91.2 Å². The number of aryl methyl sites for hydroxylation is 1. The highest BCUT2D eigenvalue weighted by molar-refractivity contribution is 6.29. The summed E-state index contributed by atoms with van der Waals surface area (Å²) >= 11 is 5.95. The molecular weight excluding hydrogens is 488 g/mol. The Bertz CT molecular complexity index is 1230. The number of hydrogen-bond acceptors (Lipinski definition) is 6. The van der Waals surface area contributed by atoms with Gasteiger partial charge in [-0.15, -0.1) is 0 Å². The summed E-state index contributed by atoms with van der Waals surface area (Å²) < 4.78 is 28.0. The van der Waals surface area contributed by atoms with Crippen LogP contribution in [0.25, 0.3) is 0 Å². The average Bonchev–Trinajstić information content (AvgIpc) is 2.85. The third-order valence-corrected chi connectivity index (χ3v) is 6.71. The van der Waals surface area contributed by atoms with Crippen molar-refractivity contribution in [2.24, 2.45) is 0 Å². The predicted octanol–water partition coefficient (Wildman–Crippen LogP) is 4.38. The van der Waals surface area contributed by atoms with Crippen LogP contribution in [0.4, 0.5) is 14.5 Å². The Morgan fingerprint density at radius 3 is 2.58 bits per heavy atom. The molecule has 1 fully saturated rings. The molecule has 0 radical (unpaired) electrons. The minimum atomic E-state index is -1.28. The molecule has 10 heteroatoms. The van der Waals surface area contributed by atoms with Gasteiger partial charge in [0.2, 0.25) is 5.91 Å². The Morgan fingerprint density at radius 1 is 1.22 bits per heavy atom. The van der Waals surface area contributed by atoms with Crippen LogP contribution >= 0.6 is 11.6 Å². The number of carbonyl (C=O) groups is 1. The molecule has 3 heterocycles. The van der Waals surface area contributed by atoms with Gasteiger partial charge in [-0.2, -0.15) is 0 Å². The van der Waals surface area contributed by atoms with Crippen LogP contribution in [0, 0.1) is 18.6 Å². The number of amides is 1. The highest BCUT2D eigenvalue weighted by Crippen LogP contribution is 2.34. The third kappa shape index (κ3) is 5.96. The molecule has 3 aromatic rings. The molecule has 0 aliphatic carbocycles. The van der Waals surface area contributed by atoms with Crippen LogP contribution in [0.5, 0.6) is 0 Å². The van der Waals surface area contributed by atoms with E-state index >= 15 is 0 Å². The first-order valence-corrected chi connectivity index (χ1v) is 12.1. The molecular formula is C26H28ClF2N5O2. The molecule has 1 aliphatic rings. The highest BCUT2D eigenvalue weighted by Gasteiger charge is 2.33. The zero-order valence-corrected chi connectivity index (χ0v) is 20.9. The number of carbonyl (C=O) groups excluding carboxylic acids is 1. The molecule has 2 N–H and O–H groups in total. The number of likely N-dealkylation sites (tertiary alicyclic amines) is 1. The second-order valence-corrected chi connectivity index (χ2v) is 9.63. The Morgan fingerprint density at radius 2 is 1.92 bits per heavy atom. The molecule has 0 saturated carbocycles.